The van der Waals surface area contributed by atoms with E-state index in [9.17, 15) is 0 Å². The van der Waals surface area contributed by atoms with Gasteiger partial charge in [-0.3, -0.25) is 0 Å². The standard InChI is InChI=1S/C11H24N2S/c1-10(14-3)4-7-12-11-5-8-13(2)9-6-11/h10-12H,4-9H2,1-3H3. The first-order valence-corrected chi connectivity index (χ1v) is 6.96. The number of hydrogen-bond donors (Lipinski definition) is 1. The van der Waals surface area contributed by atoms with Crippen molar-refractivity contribution in [2.45, 2.75) is 37.5 Å². The molecule has 0 aliphatic carbocycles. The molecule has 0 spiro atoms. The van der Waals surface area contributed by atoms with Gasteiger partial charge in [-0.15, -0.1) is 0 Å². The predicted octanol–water partition coefficient (Wildman–Crippen LogP) is 1.81. The molecule has 0 amide bonds. The van der Waals surface area contributed by atoms with E-state index in [1.807, 2.05) is 11.8 Å². The topological polar surface area (TPSA) is 15.3 Å². The van der Waals surface area contributed by atoms with Crippen molar-refractivity contribution in [1.29, 1.82) is 0 Å². The molecule has 1 atom stereocenters. The summed E-state index contributed by atoms with van der Waals surface area (Å²) in [5.41, 5.74) is 0. The molecule has 1 aliphatic heterocycles. The summed E-state index contributed by atoms with van der Waals surface area (Å²) in [4.78, 5) is 2.42. The van der Waals surface area contributed by atoms with Crippen LogP contribution in [0.5, 0.6) is 0 Å². The second-order valence-corrected chi connectivity index (χ2v) is 5.64. The summed E-state index contributed by atoms with van der Waals surface area (Å²) in [6, 6.07) is 0.778. The Morgan fingerprint density at radius 3 is 2.64 bits per heavy atom. The number of nitrogens with zero attached hydrogens (tertiary/aromatic N) is 1. The van der Waals surface area contributed by atoms with Crippen molar-refractivity contribution in [1.82, 2.24) is 10.2 Å². The van der Waals surface area contributed by atoms with Gasteiger partial charge >= 0.3 is 0 Å². The van der Waals surface area contributed by atoms with Crippen molar-refractivity contribution >= 4 is 11.8 Å². The average molecular weight is 216 g/mol. The molecular weight excluding hydrogens is 192 g/mol. The summed E-state index contributed by atoms with van der Waals surface area (Å²) in [7, 11) is 2.21. The predicted molar refractivity (Wildman–Crippen MR) is 66.1 cm³/mol. The van der Waals surface area contributed by atoms with Gasteiger partial charge < -0.3 is 10.2 Å². The van der Waals surface area contributed by atoms with E-state index in [0.717, 1.165) is 11.3 Å². The van der Waals surface area contributed by atoms with Crippen LogP contribution in [0.15, 0.2) is 0 Å². The fourth-order valence-corrected chi connectivity index (χ4v) is 2.17. The van der Waals surface area contributed by atoms with Crippen LogP contribution in [0.4, 0.5) is 0 Å². The SMILES string of the molecule is CSC(C)CCNC1CCN(C)CC1. The zero-order valence-electron chi connectivity index (χ0n) is 9.75. The first-order chi connectivity index (χ1) is 6.72. The maximum atomic E-state index is 3.67. The minimum absolute atomic E-state index is 0.778. The third-order valence-corrected chi connectivity index (χ3v) is 4.15. The van der Waals surface area contributed by atoms with Crippen molar-refractivity contribution < 1.29 is 0 Å². The van der Waals surface area contributed by atoms with E-state index in [0.29, 0.717) is 0 Å². The molecule has 0 aromatic heterocycles. The number of likely N-dealkylation sites (tertiary alicyclic amines) is 1. The van der Waals surface area contributed by atoms with E-state index in [-0.39, 0.29) is 0 Å². The first-order valence-electron chi connectivity index (χ1n) is 5.67. The van der Waals surface area contributed by atoms with Gasteiger partial charge in [0.05, 0.1) is 0 Å². The number of nitrogens with one attached hydrogen (secondary N) is 1. The molecule has 1 aliphatic rings. The fraction of sp³-hybridized carbons (Fsp3) is 1.00. The van der Waals surface area contributed by atoms with E-state index in [1.54, 1.807) is 0 Å². The van der Waals surface area contributed by atoms with E-state index in [2.05, 4.69) is 30.4 Å². The molecule has 0 saturated carbocycles. The van der Waals surface area contributed by atoms with Gasteiger partial charge in [-0.05, 0) is 52.2 Å². The van der Waals surface area contributed by atoms with Crippen LogP contribution in [0, 0.1) is 0 Å². The molecule has 84 valence electrons. The lowest BCUT2D eigenvalue weighted by atomic mass is 10.1. The molecule has 1 heterocycles. The Kier molecular flexibility index (Phi) is 5.90. The molecular formula is C11H24N2S. The smallest absolute Gasteiger partial charge is 0.00914 e. The zero-order valence-corrected chi connectivity index (χ0v) is 10.6. The molecule has 3 heteroatoms. The van der Waals surface area contributed by atoms with Gasteiger partial charge in [0, 0.05) is 11.3 Å². The minimum atomic E-state index is 0.778. The molecule has 1 fully saturated rings. The molecule has 1 rings (SSSR count). The maximum absolute atomic E-state index is 3.67. The summed E-state index contributed by atoms with van der Waals surface area (Å²) < 4.78 is 0. The second-order valence-electron chi connectivity index (χ2n) is 4.37. The van der Waals surface area contributed by atoms with E-state index in [4.69, 9.17) is 0 Å². The lowest BCUT2D eigenvalue weighted by Gasteiger charge is -2.29. The Morgan fingerprint density at radius 2 is 2.07 bits per heavy atom. The summed E-state index contributed by atoms with van der Waals surface area (Å²) in [5, 5.41) is 4.47. The fourth-order valence-electron chi connectivity index (χ4n) is 1.82. The number of rotatable bonds is 5. The van der Waals surface area contributed by atoms with Crippen LogP contribution in [-0.4, -0.2) is 49.1 Å². The molecule has 14 heavy (non-hydrogen) atoms. The quantitative estimate of drug-likeness (QED) is 0.754. The number of thioether (sulfide) groups is 1. The Balaban J connectivity index is 2.02. The first kappa shape index (κ1) is 12.3. The van der Waals surface area contributed by atoms with Gasteiger partial charge in [-0.2, -0.15) is 11.8 Å². The molecule has 1 saturated heterocycles. The van der Waals surface area contributed by atoms with Crippen LogP contribution in [0.2, 0.25) is 0 Å². The summed E-state index contributed by atoms with van der Waals surface area (Å²) in [5.74, 6) is 0. The molecule has 1 N–H and O–H groups in total. The monoisotopic (exact) mass is 216 g/mol. The lowest BCUT2D eigenvalue weighted by molar-refractivity contribution is 0.235. The Hall–Kier alpha value is 0.270. The lowest BCUT2D eigenvalue weighted by Crippen LogP contribution is -2.41. The molecule has 0 radical (unpaired) electrons. The van der Waals surface area contributed by atoms with Crippen molar-refractivity contribution in [3.05, 3.63) is 0 Å². The number of piperidine rings is 1. The van der Waals surface area contributed by atoms with Crippen LogP contribution >= 0.6 is 11.8 Å². The van der Waals surface area contributed by atoms with Gasteiger partial charge in [0.2, 0.25) is 0 Å². The van der Waals surface area contributed by atoms with Crippen LogP contribution in [0.3, 0.4) is 0 Å². The highest BCUT2D eigenvalue weighted by atomic mass is 32.2. The largest absolute Gasteiger partial charge is 0.314 e. The summed E-state index contributed by atoms with van der Waals surface area (Å²) in [6.45, 7) is 6.02. The van der Waals surface area contributed by atoms with Crippen molar-refractivity contribution in [2.24, 2.45) is 0 Å². The summed E-state index contributed by atoms with van der Waals surface area (Å²) >= 11 is 1.96. The van der Waals surface area contributed by atoms with E-state index < -0.39 is 0 Å². The van der Waals surface area contributed by atoms with Crippen LogP contribution in [0.1, 0.15) is 26.2 Å². The van der Waals surface area contributed by atoms with Crippen LogP contribution in [-0.2, 0) is 0 Å². The Labute approximate surface area is 92.8 Å². The highest BCUT2D eigenvalue weighted by Gasteiger charge is 2.15. The van der Waals surface area contributed by atoms with Gasteiger partial charge in [0.15, 0.2) is 0 Å². The van der Waals surface area contributed by atoms with Crippen molar-refractivity contribution in [3.8, 4) is 0 Å². The normalized spacial score (nSPS) is 22.5. The average Bonchev–Trinajstić information content (AvgIpc) is 2.21. The van der Waals surface area contributed by atoms with Gasteiger partial charge in [0.25, 0.3) is 0 Å². The van der Waals surface area contributed by atoms with Gasteiger partial charge in [0.1, 0.15) is 0 Å². The van der Waals surface area contributed by atoms with Gasteiger partial charge in [-0.25, -0.2) is 0 Å². The molecule has 1 unspecified atom stereocenters. The van der Waals surface area contributed by atoms with Crippen molar-refractivity contribution in [3.63, 3.8) is 0 Å². The van der Waals surface area contributed by atoms with Crippen LogP contribution in [0.25, 0.3) is 0 Å². The highest BCUT2D eigenvalue weighted by molar-refractivity contribution is 7.99. The summed E-state index contributed by atoms with van der Waals surface area (Å²) in [6.07, 6.45) is 6.14. The second kappa shape index (κ2) is 6.70. The minimum Gasteiger partial charge on any atom is -0.314 e. The third-order valence-electron chi connectivity index (χ3n) is 3.10. The van der Waals surface area contributed by atoms with E-state index in [1.165, 1.54) is 38.9 Å². The van der Waals surface area contributed by atoms with Crippen molar-refractivity contribution in [2.75, 3.05) is 32.9 Å². The van der Waals surface area contributed by atoms with Crippen LogP contribution < -0.4 is 5.32 Å². The highest BCUT2D eigenvalue weighted by Crippen LogP contribution is 2.11. The molecule has 0 bridgehead atoms. The number of hydrogen-bond acceptors (Lipinski definition) is 3. The molecule has 2 nitrogen and oxygen atoms in total. The maximum Gasteiger partial charge on any atom is 0.00914 e. The van der Waals surface area contributed by atoms with E-state index >= 15 is 0 Å². The Morgan fingerprint density at radius 1 is 1.43 bits per heavy atom. The van der Waals surface area contributed by atoms with Gasteiger partial charge in [-0.1, -0.05) is 6.92 Å². The Bertz CT molecular complexity index is 144. The molecule has 0 aromatic carbocycles. The molecule has 0 aromatic rings. The zero-order chi connectivity index (χ0) is 10.4. The third kappa shape index (κ3) is 4.67.